The van der Waals surface area contributed by atoms with E-state index in [2.05, 4.69) is 79.6 Å². The van der Waals surface area contributed by atoms with Crippen LogP contribution in [-0.4, -0.2) is 111 Å². The first kappa shape index (κ1) is 52.1. The second-order valence-electron chi connectivity index (χ2n) is 19.4. The lowest BCUT2D eigenvalue weighted by Crippen LogP contribution is -2.56. The van der Waals surface area contributed by atoms with Crippen LogP contribution in [0, 0.1) is 13.8 Å². The zero-order valence-electron chi connectivity index (χ0n) is 41.9. The summed E-state index contributed by atoms with van der Waals surface area (Å²) in [4.78, 5) is 45.9. The van der Waals surface area contributed by atoms with Crippen LogP contribution >= 0.6 is 11.6 Å². The molecular weight excluding hydrogens is 892 g/mol. The Labute approximate surface area is 412 Å². The molecule has 69 heavy (non-hydrogen) atoms. The Bertz CT molecular complexity index is 2640. The van der Waals surface area contributed by atoms with E-state index in [9.17, 15) is 9.59 Å². The van der Waals surface area contributed by atoms with Crippen molar-refractivity contribution in [3.8, 4) is 22.5 Å². The number of nitrogen functional groups attached to an aromatic ring is 1. The zero-order chi connectivity index (χ0) is 49.9. The van der Waals surface area contributed by atoms with Crippen molar-refractivity contribution >= 4 is 40.7 Å². The van der Waals surface area contributed by atoms with E-state index in [1.54, 1.807) is 35.7 Å². The van der Waals surface area contributed by atoms with Gasteiger partial charge < -0.3 is 30.3 Å². The van der Waals surface area contributed by atoms with Gasteiger partial charge >= 0.3 is 0 Å². The molecule has 6 aromatic rings. The Hall–Kier alpha value is -6.23. The van der Waals surface area contributed by atoms with Crippen LogP contribution in [0.2, 0.25) is 5.28 Å². The molecule has 2 amide bonds. The highest BCUT2D eigenvalue weighted by Gasteiger charge is 2.35. The Kier molecular flexibility index (Phi) is 17.7. The van der Waals surface area contributed by atoms with Gasteiger partial charge in [0.1, 0.15) is 0 Å². The van der Waals surface area contributed by atoms with Crippen LogP contribution in [-0.2, 0) is 45.0 Å². The average Bonchev–Trinajstić information content (AvgIpc) is 3.92. The Balaban J connectivity index is 0.000000199. The van der Waals surface area contributed by atoms with Gasteiger partial charge in [-0.25, -0.2) is 19.9 Å². The van der Waals surface area contributed by atoms with Gasteiger partial charge in [0, 0.05) is 88.0 Å². The van der Waals surface area contributed by atoms with Crippen LogP contribution in [0.1, 0.15) is 90.5 Å². The molecule has 16 nitrogen and oxygen atoms in total. The summed E-state index contributed by atoms with van der Waals surface area (Å²) in [7, 11) is 0. The molecule has 0 spiro atoms. The van der Waals surface area contributed by atoms with Crippen molar-refractivity contribution in [3.63, 3.8) is 0 Å². The summed E-state index contributed by atoms with van der Waals surface area (Å²) in [6.07, 6.45) is 13.3. The van der Waals surface area contributed by atoms with Gasteiger partial charge in [0.25, 0.3) is 0 Å². The van der Waals surface area contributed by atoms with Crippen molar-refractivity contribution in [1.29, 1.82) is 0 Å². The second kappa shape index (κ2) is 23.4. The van der Waals surface area contributed by atoms with E-state index in [-0.39, 0.29) is 40.5 Å². The molecule has 0 atom stereocenters. The monoisotopic (exact) mass is 961 g/mol. The van der Waals surface area contributed by atoms with Gasteiger partial charge in [-0.2, -0.15) is 10.2 Å². The van der Waals surface area contributed by atoms with Gasteiger partial charge in [0.15, 0.2) is 0 Å². The van der Waals surface area contributed by atoms with Gasteiger partial charge in [-0.15, -0.1) is 0 Å². The van der Waals surface area contributed by atoms with Crippen LogP contribution in [0.25, 0.3) is 22.5 Å². The molecule has 0 saturated carbocycles. The molecule has 2 saturated heterocycles. The highest BCUT2D eigenvalue weighted by molar-refractivity contribution is 6.28. The minimum Gasteiger partial charge on any atom is -0.396 e. The van der Waals surface area contributed by atoms with Crippen LogP contribution < -0.4 is 11.1 Å². The molecule has 0 unspecified atom stereocenters. The summed E-state index contributed by atoms with van der Waals surface area (Å²) in [5, 5.41) is 11.6. The topological polar surface area (TPSA) is 184 Å². The van der Waals surface area contributed by atoms with Gasteiger partial charge in [0.2, 0.25) is 23.0 Å². The average molecular weight is 962 g/mol. The minimum atomic E-state index is -0.169. The van der Waals surface area contributed by atoms with E-state index in [1.165, 1.54) is 11.1 Å². The summed E-state index contributed by atoms with van der Waals surface area (Å²) in [6.45, 7) is 24.9. The number of benzene rings is 2. The first-order chi connectivity index (χ1) is 32.7. The summed E-state index contributed by atoms with van der Waals surface area (Å²) in [6, 6.07) is 16.2. The normalized spacial score (nSPS) is 14.0. The lowest BCUT2D eigenvalue weighted by Gasteiger charge is -2.42. The number of rotatable bonds is 14. The standard InChI is InChI=1S/C26H34N6O2.C21H26ClN3O2.C5H9N3/c1-6-32-15-21(14-28-32)29-25-27-12-11-23(30-25)20-8-7-19(18(2)13-20)9-10-24(33)31-16-22(17-31)34-26(3,4)5;1-14-11-16(18-9-10-23-20(22)24-18)6-5-15(14)7-8-19(26)25-12-17(13-25)27-21(2,3)4;1-2-8-4-5(6)3-7-8/h7-8,11-15,22H,6,9-10,16-17H2,1-5H3,(H,27,29,30);5-6,9-11,17H,7-8,12-13H2,1-4H3;3-4H,2,6H2,1H3. The third-order valence-electron chi connectivity index (χ3n) is 11.4. The number of nitrogens with one attached hydrogen (secondary N) is 1. The van der Waals surface area contributed by atoms with E-state index < -0.39 is 0 Å². The lowest BCUT2D eigenvalue weighted by molar-refractivity contribution is -0.157. The maximum absolute atomic E-state index is 12.6. The first-order valence-electron chi connectivity index (χ1n) is 23.7. The highest BCUT2D eigenvalue weighted by atomic mass is 35.5. The molecule has 3 N–H and O–H groups in total. The van der Waals surface area contributed by atoms with Crippen molar-refractivity contribution in [2.45, 2.75) is 131 Å². The van der Waals surface area contributed by atoms with Crippen LogP contribution in [0.3, 0.4) is 0 Å². The maximum Gasteiger partial charge on any atom is 0.227 e. The Morgan fingerprint density at radius 2 is 1.17 bits per heavy atom. The number of carbonyl (C=O) groups excluding carboxylic acids is 2. The minimum absolute atomic E-state index is 0.153. The molecular formula is C52H69ClN12O4. The molecule has 2 aliphatic rings. The van der Waals surface area contributed by atoms with Gasteiger partial charge in [-0.05, 0) is 140 Å². The summed E-state index contributed by atoms with van der Waals surface area (Å²) >= 11 is 5.87. The van der Waals surface area contributed by atoms with Crippen molar-refractivity contribution in [2.24, 2.45) is 0 Å². The fourth-order valence-corrected chi connectivity index (χ4v) is 8.01. The molecule has 0 bridgehead atoms. The Morgan fingerprint density at radius 3 is 1.59 bits per heavy atom. The molecule has 2 aromatic carbocycles. The maximum atomic E-state index is 12.6. The smallest absolute Gasteiger partial charge is 0.227 e. The molecule has 6 heterocycles. The van der Waals surface area contributed by atoms with Gasteiger partial charge in [0.05, 0.1) is 58.6 Å². The molecule has 2 fully saturated rings. The lowest BCUT2D eigenvalue weighted by atomic mass is 9.99. The summed E-state index contributed by atoms with van der Waals surface area (Å²) in [5.74, 6) is 0.911. The number of aromatic nitrogens is 8. The van der Waals surface area contributed by atoms with E-state index in [1.807, 2.05) is 94.3 Å². The van der Waals surface area contributed by atoms with Gasteiger partial charge in [-0.3, -0.25) is 19.0 Å². The van der Waals surface area contributed by atoms with Crippen LogP contribution in [0.15, 0.2) is 85.7 Å². The van der Waals surface area contributed by atoms with Gasteiger partial charge in [-0.1, -0.05) is 24.3 Å². The molecule has 4 aromatic heterocycles. The fraction of sp³-hybridized carbons (Fsp3) is 0.462. The third-order valence-corrected chi connectivity index (χ3v) is 11.6. The van der Waals surface area contributed by atoms with E-state index in [4.69, 9.17) is 26.8 Å². The number of carbonyl (C=O) groups is 2. The number of amides is 2. The van der Waals surface area contributed by atoms with E-state index in [0.29, 0.717) is 45.0 Å². The number of nitrogens with two attached hydrogens (primary N) is 1. The van der Waals surface area contributed by atoms with Crippen molar-refractivity contribution in [3.05, 3.63) is 113 Å². The van der Waals surface area contributed by atoms with Crippen LogP contribution in [0.4, 0.5) is 17.3 Å². The van der Waals surface area contributed by atoms with Crippen molar-refractivity contribution in [2.75, 3.05) is 37.2 Å². The molecule has 2 aliphatic heterocycles. The predicted molar refractivity (Wildman–Crippen MR) is 272 cm³/mol. The van der Waals surface area contributed by atoms with Crippen molar-refractivity contribution < 1.29 is 19.1 Å². The predicted octanol–water partition coefficient (Wildman–Crippen LogP) is 8.92. The first-order valence-corrected chi connectivity index (χ1v) is 24.1. The number of hydrogen-bond acceptors (Lipinski definition) is 12. The molecule has 0 aliphatic carbocycles. The number of ether oxygens (including phenoxy) is 2. The molecule has 368 valence electrons. The number of likely N-dealkylation sites (tertiary alicyclic amines) is 2. The number of hydrogen-bond donors (Lipinski definition) is 2. The molecule has 8 rings (SSSR count). The number of anilines is 3. The second-order valence-corrected chi connectivity index (χ2v) is 19.7. The Morgan fingerprint density at radius 1 is 0.696 bits per heavy atom. The summed E-state index contributed by atoms with van der Waals surface area (Å²) < 4.78 is 15.4. The van der Waals surface area contributed by atoms with Crippen molar-refractivity contribution in [1.82, 2.24) is 49.3 Å². The number of halogens is 1. The quantitative estimate of drug-likeness (QED) is 0.0990. The third kappa shape index (κ3) is 15.9. The SMILES string of the molecule is CCn1cc(N)cn1.CCn1cc(Nc2nccc(-c3ccc(CCC(=O)N4CC(OC(C)(C)C)C4)c(C)c3)n2)cn1.Cc1cc(-c2ccnc(Cl)n2)ccc1CCC(=O)N1CC(OC(C)(C)C)C1. The highest BCUT2D eigenvalue weighted by Crippen LogP contribution is 2.26. The fourth-order valence-electron chi connectivity index (χ4n) is 7.86. The molecule has 17 heteroatoms. The molecule has 0 radical (unpaired) electrons. The summed E-state index contributed by atoms with van der Waals surface area (Å²) in [5.41, 5.74) is 14.9. The largest absolute Gasteiger partial charge is 0.396 e. The zero-order valence-corrected chi connectivity index (χ0v) is 42.6. The van der Waals surface area contributed by atoms with E-state index in [0.717, 1.165) is 70.9 Å². The van der Waals surface area contributed by atoms with Crippen LogP contribution in [0.5, 0.6) is 0 Å². The number of aryl methyl sites for hydroxylation is 6. The number of nitrogens with zero attached hydrogens (tertiary/aromatic N) is 10. The van der Waals surface area contributed by atoms with E-state index >= 15 is 0 Å².